The van der Waals surface area contributed by atoms with Crippen LogP contribution in [-0.4, -0.2) is 35.1 Å². The summed E-state index contributed by atoms with van der Waals surface area (Å²) in [6.45, 7) is 9.49. The Balaban J connectivity index is 2.70. The molecule has 0 spiro atoms. The van der Waals surface area contributed by atoms with Gasteiger partial charge >= 0.3 is 5.97 Å². The molecule has 0 heterocycles. The molecule has 0 amide bonds. The van der Waals surface area contributed by atoms with Crippen LogP contribution in [0.25, 0.3) is 0 Å². The van der Waals surface area contributed by atoms with Gasteiger partial charge in [-0.25, -0.2) is 0 Å². The molecule has 0 saturated carbocycles. The van der Waals surface area contributed by atoms with E-state index in [4.69, 9.17) is 5.11 Å². The molecule has 0 aliphatic carbocycles. The molecule has 4 heteroatoms. The number of benzene rings is 1. The van der Waals surface area contributed by atoms with Gasteiger partial charge in [0.1, 0.15) is 6.04 Å². The molecular weight excluding hydrogens is 240 g/mol. The number of hydrogen-bond acceptors (Lipinski definition) is 3. The summed E-state index contributed by atoms with van der Waals surface area (Å²) in [6, 6.07) is 7.67. The Kier molecular flexibility index (Phi) is 6.53. The lowest BCUT2D eigenvalue weighted by Gasteiger charge is -2.20. The lowest BCUT2D eigenvalue weighted by Crippen LogP contribution is -2.33. The lowest BCUT2D eigenvalue weighted by molar-refractivity contribution is -0.139. The molecular formula is C15H24N2O2. The summed E-state index contributed by atoms with van der Waals surface area (Å²) in [7, 11) is 0. The Labute approximate surface area is 115 Å². The highest BCUT2D eigenvalue weighted by Gasteiger charge is 2.11. The summed E-state index contributed by atoms with van der Waals surface area (Å²) in [4.78, 5) is 13.2. The zero-order chi connectivity index (χ0) is 14.3. The van der Waals surface area contributed by atoms with Gasteiger partial charge < -0.3 is 10.4 Å². The second-order valence-electron chi connectivity index (χ2n) is 4.67. The molecule has 1 aromatic carbocycles. The molecule has 0 aliphatic rings. The summed E-state index contributed by atoms with van der Waals surface area (Å²) in [5, 5.41) is 11.9. The van der Waals surface area contributed by atoms with E-state index in [1.54, 1.807) is 6.92 Å². The van der Waals surface area contributed by atoms with Crippen molar-refractivity contribution >= 4 is 5.97 Å². The normalized spacial score (nSPS) is 12.6. The summed E-state index contributed by atoms with van der Waals surface area (Å²) in [5.41, 5.74) is 2.43. The summed E-state index contributed by atoms with van der Waals surface area (Å²) in [5.74, 6) is -0.818. The first-order valence-corrected chi connectivity index (χ1v) is 6.83. The van der Waals surface area contributed by atoms with Crippen molar-refractivity contribution in [3.8, 4) is 0 Å². The highest BCUT2D eigenvalue weighted by molar-refractivity contribution is 5.72. The fourth-order valence-corrected chi connectivity index (χ4v) is 1.92. The Bertz CT molecular complexity index is 403. The van der Waals surface area contributed by atoms with Crippen LogP contribution in [0.4, 0.5) is 0 Å². The third-order valence-corrected chi connectivity index (χ3v) is 3.38. The molecule has 1 aromatic rings. The molecule has 0 fully saturated rings. The number of carboxylic acid groups (broad SMARTS) is 1. The smallest absolute Gasteiger partial charge is 0.320 e. The maximum absolute atomic E-state index is 10.8. The molecule has 106 valence electrons. The third kappa shape index (κ3) is 5.01. The van der Waals surface area contributed by atoms with E-state index in [-0.39, 0.29) is 0 Å². The monoisotopic (exact) mass is 264 g/mol. The van der Waals surface area contributed by atoms with Crippen LogP contribution < -0.4 is 5.32 Å². The number of aliphatic carboxylic acids is 1. The maximum Gasteiger partial charge on any atom is 0.320 e. The standard InChI is InChI=1S/C15H24N2O2/c1-4-17(5-2)11-14-9-7-6-8-13(14)10-16-12(3)15(18)19/h6-9,12,16H,4-5,10-11H2,1-3H3,(H,18,19). The van der Waals surface area contributed by atoms with Crippen LogP contribution >= 0.6 is 0 Å². The van der Waals surface area contributed by atoms with Gasteiger partial charge in [-0.05, 0) is 31.1 Å². The van der Waals surface area contributed by atoms with E-state index in [0.29, 0.717) is 6.54 Å². The number of rotatable bonds is 8. The van der Waals surface area contributed by atoms with Crippen molar-refractivity contribution in [1.29, 1.82) is 0 Å². The van der Waals surface area contributed by atoms with Gasteiger partial charge in [0.05, 0.1) is 0 Å². The van der Waals surface area contributed by atoms with E-state index >= 15 is 0 Å². The summed E-state index contributed by atoms with van der Waals surface area (Å²) < 4.78 is 0. The van der Waals surface area contributed by atoms with Crippen molar-refractivity contribution in [3.63, 3.8) is 0 Å². The fourth-order valence-electron chi connectivity index (χ4n) is 1.92. The first kappa shape index (κ1) is 15.7. The summed E-state index contributed by atoms with van der Waals surface area (Å²) >= 11 is 0. The zero-order valence-corrected chi connectivity index (χ0v) is 12.0. The van der Waals surface area contributed by atoms with E-state index in [1.165, 1.54) is 11.1 Å². The van der Waals surface area contributed by atoms with Gasteiger partial charge in [0, 0.05) is 13.1 Å². The predicted molar refractivity (Wildman–Crippen MR) is 77.0 cm³/mol. The fraction of sp³-hybridized carbons (Fsp3) is 0.533. The molecule has 0 bridgehead atoms. The molecule has 2 N–H and O–H groups in total. The Morgan fingerprint density at radius 2 is 1.84 bits per heavy atom. The van der Waals surface area contributed by atoms with E-state index in [9.17, 15) is 4.79 Å². The number of carboxylic acids is 1. The van der Waals surface area contributed by atoms with E-state index in [2.05, 4.69) is 36.2 Å². The number of nitrogens with one attached hydrogen (secondary N) is 1. The topological polar surface area (TPSA) is 52.6 Å². The van der Waals surface area contributed by atoms with Crippen LogP contribution in [0, 0.1) is 0 Å². The second-order valence-corrected chi connectivity index (χ2v) is 4.67. The van der Waals surface area contributed by atoms with Gasteiger partial charge in [-0.2, -0.15) is 0 Å². The molecule has 0 radical (unpaired) electrons. The predicted octanol–water partition coefficient (Wildman–Crippen LogP) is 2.09. The van der Waals surface area contributed by atoms with E-state index in [0.717, 1.165) is 19.6 Å². The second kappa shape index (κ2) is 7.92. The number of nitrogens with zero attached hydrogens (tertiary/aromatic N) is 1. The zero-order valence-electron chi connectivity index (χ0n) is 12.0. The highest BCUT2D eigenvalue weighted by atomic mass is 16.4. The average Bonchev–Trinajstić information content (AvgIpc) is 2.42. The number of hydrogen-bond donors (Lipinski definition) is 2. The van der Waals surface area contributed by atoms with Crippen LogP contribution in [0.3, 0.4) is 0 Å². The van der Waals surface area contributed by atoms with Crippen LogP contribution in [0.15, 0.2) is 24.3 Å². The Morgan fingerprint density at radius 1 is 1.26 bits per heavy atom. The van der Waals surface area contributed by atoms with Gasteiger partial charge in [0.2, 0.25) is 0 Å². The molecule has 1 rings (SSSR count). The molecule has 1 unspecified atom stereocenters. The Hall–Kier alpha value is -1.39. The van der Waals surface area contributed by atoms with Crippen LogP contribution in [-0.2, 0) is 17.9 Å². The van der Waals surface area contributed by atoms with Crippen molar-refractivity contribution in [2.75, 3.05) is 13.1 Å². The van der Waals surface area contributed by atoms with Gasteiger partial charge in [-0.1, -0.05) is 38.1 Å². The highest BCUT2D eigenvalue weighted by Crippen LogP contribution is 2.12. The van der Waals surface area contributed by atoms with E-state index in [1.807, 2.05) is 12.1 Å². The SMILES string of the molecule is CCN(CC)Cc1ccccc1CNC(C)C(=O)O. The molecule has 19 heavy (non-hydrogen) atoms. The molecule has 0 saturated heterocycles. The lowest BCUT2D eigenvalue weighted by atomic mass is 10.1. The molecule has 4 nitrogen and oxygen atoms in total. The van der Waals surface area contributed by atoms with Crippen molar-refractivity contribution in [2.45, 2.75) is 39.9 Å². The minimum Gasteiger partial charge on any atom is -0.480 e. The Morgan fingerprint density at radius 3 is 2.37 bits per heavy atom. The van der Waals surface area contributed by atoms with Crippen LogP contribution in [0.1, 0.15) is 31.9 Å². The minimum absolute atomic E-state index is 0.526. The van der Waals surface area contributed by atoms with Gasteiger partial charge in [0.15, 0.2) is 0 Å². The van der Waals surface area contributed by atoms with Crippen LogP contribution in [0.5, 0.6) is 0 Å². The molecule has 1 atom stereocenters. The minimum atomic E-state index is -0.818. The largest absolute Gasteiger partial charge is 0.480 e. The third-order valence-electron chi connectivity index (χ3n) is 3.38. The number of carbonyl (C=O) groups is 1. The van der Waals surface area contributed by atoms with Crippen LogP contribution in [0.2, 0.25) is 0 Å². The molecule has 0 aliphatic heterocycles. The van der Waals surface area contributed by atoms with Crippen molar-refractivity contribution in [2.24, 2.45) is 0 Å². The van der Waals surface area contributed by atoms with Gasteiger partial charge in [-0.15, -0.1) is 0 Å². The molecule has 0 aromatic heterocycles. The van der Waals surface area contributed by atoms with Crippen molar-refractivity contribution < 1.29 is 9.90 Å². The first-order valence-electron chi connectivity index (χ1n) is 6.83. The summed E-state index contributed by atoms with van der Waals surface area (Å²) in [6.07, 6.45) is 0. The maximum atomic E-state index is 10.8. The van der Waals surface area contributed by atoms with Gasteiger partial charge in [0.25, 0.3) is 0 Å². The van der Waals surface area contributed by atoms with E-state index < -0.39 is 12.0 Å². The van der Waals surface area contributed by atoms with Crippen molar-refractivity contribution in [1.82, 2.24) is 10.2 Å². The first-order chi connectivity index (χ1) is 9.08. The van der Waals surface area contributed by atoms with Gasteiger partial charge in [-0.3, -0.25) is 9.69 Å². The van der Waals surface area contributed by atoms with Crippen molar-refractivity contribution in [3.05, 3.63) is 35.4 Å². The quantitative estimate of drug-likeness (QED) is 0.755. The average molecular weight is 264 g/mol.